The third kappa shape index (κ3) is 4.53. The molecule has 0 bridgehead atoms. The zero-order valence-electron chi connectivity index (χ0n) is 12.8. The lowest BCUT2D eigenvalue weighted by molar-refractivity contribution is 0.147. The van der Waals surface area contributed by atoms with Gasteiger partial charge in [0.25, 0.3) is 0 Å². The van der Waals surface area contributed by atoms with Crippen LogP contribution in [-0.4, -0.2) is 12.3 Å². The van der Waals surface area contributed by atoms with Crippen molar-refractivity contribution in [2.75, 3.05) is 12.3 Å². The molecule has 2 rings (SSSR count). The van der Waals surface area contributed by atoms with E-state index in [1.165, 1.54) is 55.6 Å². The Morgan fingerprint density at radius 2 is 1.90 bits per heavy atom. The van der Waals surface area contributed by atoms with Crippen molar-refractivity contribution in [3.63, 3.8) is 0 Å². The SMILES string of the molecule is CCCC1CCC(CN)(CCSc2ccccc2)CC1. The van der Waals surface area contributed by atoms with E-state index in [1.54, 1.807) is 0 Å². The molecule has 0 spiro atoms. The quantitative estimate of drug-likeness (QED) is 0.707. The van der Waals surface area contributed by atoms with E-state index in [1.807, 2.05) is 11.8 Å². The van der Waals surface area contributed by atoms with Crippen LogP contribution < -0.4 is 5.73 Å². The van der Waals surface area contributed by atoms with Gasteiger partial charge in [-0.1, -0.05) is 38.0 Å². The Morgan fingerprint density at radius 3 is 2.50 bits per heavy atom. The van der Waals surface area contributed by atoms with E-state index in [0.717, 1.165) is 12.5 Å². The first kappa shape index (κ1) is 15.9. The highest BCUT2D eigenvalue weighted by molar-refractivity contribution is 7.99. The smallest absolute Gasteiger partial charge is 0.00719 e. The van der Waals surface area contributed by atoms with Crippen molar-refractivity contribution in [2.24, 2.45) is 17.1 Å². The summed E-state index contributed by atoms with van der Waals surface area (Å²) in [6, 6.07) is 10.7. The van der Waals surface area contributed by atoms with E-state index in [4.69, 9.17) is 5.73 Å². The Hall–Kier alpha value is -0.470. The van der Waals surface area contributed by atoms with Crippen LogP contribution in [0.1, 0.15) is 51.9 Å². The van der Waals surface area contributed by atoms with Crippen LogP contribution in [-0.2, 0) is 0 Å². The summed E-state index contributed by atoms with van der Waals surface area (Å²) in [5, 5.41) is 0. The summed E-state index contributed by atoms with van der Waals surface area (Å²) in [7, 11) is 0. The van der Waals surface area contributed by atoms with Crippen LogP contribution in [0, 0.1) is 11.3 Å². The van der Waals surface area contributed by atoms with Crippen LogP contribution in [0.3, 0.4) is 0 Å². The lowest BCUT2D eigenvalue weighted by atomic mass is 9.68. The van der Waals surface area contributed by atoms with Crippen LogP contribution in [0.15, 0.2) is 35.2 Å². The second-order valence-electron chi connectivity index (χ2n) is 6.35. The largest absolute Gasteiger partial charge is 0.330 e. The molecule has 2 N–H and O–H groups in total. The zero-order valence-corrected chi connectivity index (χ0v) is 13.6. The van der Waals surface area contributed by atoms with E-state index >= 15 is 0 Å². The molecule has 0 atom stereocenters. The first-order valence-corrected chi connectivity index (χ1v) is 9.14. The normalized spacial score (nSPS) is 26.6. The Balaban J connectivity index is 1.78. The molecule has 1 aliphatic rings. The van der Waals surface area contributed by atoms with Crippen molar-refractivity contribution in [1.29, 1.82) is 0 Å². The average molecular weight is 292 g/mol. The fourth-order valence-electron chi connectivity index (χ4n) is 3.45. The van der Waals surface area contributed by atoms with Gasteiger partial charge in [0.2, 0.25) is 0 Å². The van der Waals surface area contributed by atoms with E-state index < -0.39 is 0 Å². The molecule has 0 saturated heterocycles. The number of hydrogen-bond donors (Lipinski definition) is 1. The first-order chi connectivity index (χ1) is 9.78. The maximum Gasteiger partial charge on any atom is 0.00719 e. The third-order valence-corrected chi connectivity index (χ3v) is 5.95. The van der Waals surface area contributed by atoms with Gasteiger partial charge in [0.05, 0.1) is 0 Å². The Labute approximate surface area is 128 Å². The topological polar surface area (TPSA) is 26.0 Å². The second-order valence-corrected chi connectivity index (χ2v) is 7.52. The van der Waals surface area contributed by atoms with Crippen LogP contribution in [0.2, 0.25) is 0 Å². The second kappa shape index (κ2) is 8.09. The number of hydrogen-bond acceptors (Lipinski definition) is 2. The molecule has 0 amide bonds. The van der Waals surface area contributed by atoms with Crippen LogP contribution in [0.25, 0.3) is 0 Å². The molecule has 2 heteroatoms. The molecule has 0 aromatic heterocycles. The van der Waals surface area contributed by atoms with Gasteiger partial charge in [-0.05, 0) is 67.9 Å². The molecule has 0 radical (unpaired) electrons. The van der Waals surface area contributed by atoms with Gasteiger partial charge in [-0.25, -0.2) is 0 Å². The summed E-state index contributed by atoms with van der Waals surface area (Å²) in [4.78, 5) is 1.39. The summed E-state index contributed by atoms with van der Waals surface area (Å²) in [5.74, 6) is 2.18. The minimum absolute atomic E-state index is 0.437. The first-order valence-electron chi connectivity index (χ1n) is 8.16. The molecule has 112 valence electrons. The van der Waals surface area contributed by atoms with Crippen molar-refractivity contribution >= 4 is 11.8 Å². The lowest BCUT2D eigenvalue weighted by Crippen LogP contribution is -2.35. The Bertz CT molecular complexity index is 368. The molecule has 20 heavy (non-hydrogen) atoms. The minimum Gasteiger partial charge on any atom is -0.330 e. The highest BCUT2D eigenvalue weighted by Gasteiger charge is 2.33. The van der Waals surface area contributed by atoms with Crippen molar-refractivity contribution in [3.05, 3.63) is 30.3 Å². The summed E-state index contributed by atoms with van der Waals surface area (Å²) in [6.07, 6.45) is 9.54. The Kier molecular flexibility index (Phi) is 6.44. The van der Waals surface area contributed by atoms with Crippen LogP contribution >= 0.6 is 11.8 Å². The summed E-state index contributed by atoms with van der Waals surface area (Å²) in [6.45, 7) is 3.18. The predicted molar refractivity (Wildman–Crippen MR) is 90.1 cm³/mol. The molecule has 1 fully saturated rings. The molecule has 1 aromatic rings. The number of nitrogens with two attached hydrogens (primary N) is 1. The maximum absolute atomic E-state index is 6.13. The van der Waals surface area contributed by atoms with E-state index in [9.17, 15) is 0 Å². The van der Waals surface area contributed by atoms with Gasteiger partial charge in [-0.2, -0.15) is 0 Å². The van der Waals surface area contributed by atoms with Gasteiger partial charge in [0.1, 0.15) is 0 Å². The number of benzene rings is 1. The third-order valence-electron chi connectivity index (χ3n) is 4.94. The van der Waals surface area contributed by atoms with E-state index in [-0.39, 0.29) is 0 Å². The zero-order chi connectivity index (χ0) is 14.3. The van der Waals surface area contributed by atoms with Crippen molar-refractivity contribution in [2.45, 2.75) is 56.8 Å². The average Bonchev–Trinajstić information content (AvgIpc) is 2.51. The van der Waals surface area contributed by atoms with Gasteiger partial charge < -0.3 is 5.73 Å². The predicted octanol–water partition coefficient (Wildman–Crippen LogP) is 5.10. The molecular formula is C18H29NS. The summed E-state index contributed by atoms with van der Waals surface area (Å²) < 4.78 is 0. The summed E-state index contributed by atoms with van der Waals surface area (Å²) >= 11 is 1.98. The van der Waals surface area contributed by atoms with Crippen LogP contribution in [0.5, 0.6) is 0 Å². The minimum atomic E-state index is 0.437. The van der Waals surface area contributed by atoms with Gasteiger partial charge in [0, 0.05) is 4.90 Å². The Morgan fingerprint density at radius 1 is 1.20 bits per heavy atom. The molecule has 0 heterocycles. The van der Waals surface area contributed by atoms with Crippen LogP contribution in [0.4, 0.5) is 0 Å². The molecule has 0 unspecified atom stereocenters. The van der Waals surface area contributed by atoms with Crippen molar-refractivity contribution < 1.29 is 0 Å². The highest BCUT2D eigenvalue weighted by Crippen LogP contribution is 2.43. The maximum atomic E-state index is 6.13. The van der Waals surface area contributed by atoms with Crippen molar-refractivity contribution in [1.82, 2.24) is 0 Å². The highest BCUT2D eigenvalue weighted by atomic mass is 32.2. The van der Waals surface area contributed by atoms with Gasteiger partial charge in [-0.15, -0.1) is 11.8 Å². The molecular weight excluding hydrogens is 262 g/mol. The number of rotatable bonds is 7. The fourth-order valence-corrected chi connectivity index (χ4v) is 4.57. The number of thioether (sulfide) groups is 1. The molecule has 1 saturated carbocycles. The van der Waals surface area contributed by atoms with E-state index in [0.29, 0.717) is 5.41 Å². The van der Waals surface area contributed by atoms with Gasteiger partial charge >= 0.3 is 0 Å². The molecule has 1 nitrogen and oxygen atoms in total. The lowest BCUT2D eigenvalue weighted by Gasteiger charge is -2.39. The molecule has 0 aliphatic heterocycles. The van der Waals surface area contributed by atoms with Gasteiger partial charge in [-0.3, -0.25) is 0 Å². The molecule has 1 aliphatic carbocycles. The summed E-state index contributed by atoms with van der Waals surface area (Å²) in [5.41, 5.74) is 6.56. The standard InChI is InChI=1S/C18H29NS/c1-2-6-16-9-11-18(15-19,12-10-16)13-14-20-17-7-4-3-5-8-17/h3-5,7-8,16H,2,6,9-15,19H2,1H3. The van der Waals surface area contributed by atoms with E-state index in [2.05, 4.69) is 37.3 Å². The monoisotopic (exact) mass is 291 g/mol. The van der Waals surface area contributed by atoms with Gasteiger partial charge in [0.15, 0.2) is 0 Å². The van der Waals surface area contributed by atoms with Crippen molar-refractivity contribution in [3.8, 4) is 0 Å². The fraction of sp³-hybridized carbons (Fsp3) is 0.667. The molecule has 1 aromatic carbocycles.